The summed E-state index contributed by atoms with van der Waals surface area (Å²) in [4.78, 5) is 12.3. The molecule has 0 aliphatic rings. The van der Waals surface area contributed by atoms with Gasteiger partial charge in [-0.15, -0.1) is 0 Å². The molecule has 2 rings (SSSR count). The lowest BCUT2D eigenvalue weighted by molar-refractivity contribution is -0.128. The molecule has 0 aliphatic heterocycles. The van der Waals surface area contributed by atoms with Gasteiger partial charge >= 0.3 is 0 Å². The molecule has 2 aromatic rings. The third-order valence-corrected chi connectivity index (χ3v) is 4.38. The monoisotopic (exact) mass is 359 g/mol. The molecule has 1 N–H and O–H groups in total. The highest BCUT2D eigenvalue weighted by Gasteiger charge is 2.17. The molecule has 3 nitrogen and oxygen atoms in total. The van der Waals surface area contributed by atoms with Crippen molar-refractivity contribution in [1.29, 1.82) is 0 Å². The van der Waals surface area contributed by atoms with Crippen molar-refractivity contribution in [2.75, 3.05) is 6.54 Å². The van der Waals surface area contributed by atoms with Gasteiger partial charge in [0, 0.05) is 11.6 Å². The van der Waals surface area contributed by atoms with Gasteiger partial charge in [0.05, 0.1) is 0 Å². The summed E-state index contributed by atoms with van der Waals surface area (Å²) in [5.74, 6) is 0.679. The van der Waals surface area contributed by atoms with Crippen molar-refractivity contribution in [1.82, 2.24) is 5.32 Å². The zero-order chi connectivity index (χ0) is 18.1. The first-order chi connectivity index (χ1) is 12.1. The normalized spacial score (nSPS) is 11.8. The number of benzene rings is 2. The number of rotatable bonds is 9. The molecular formula is C21H26ClNO2. The molecule has 0 aromatic heterocycles. The Morgan fingerprint density at radius 3 is 2.28 bits per heavy atom. The number of carbonyl (C=O) groups is 1. The standard InChI is InChI=1S/C21H26ClNO2/c1-3-16-9-13-19(14-10-16)25-20(4-2)21(24)23-15-5-6-17-7-11-18(22)12-8-17/h7-14,20H,3-6,15H2,1-2H3,(H,23,24)/t20-/m0/s1. The topological polar surface area (TPSA) is 38.3 Å². The third-order valence-electron chi connectivity index (χ3n) is 4.13. The summed E-state index contributed by atoms with van der Waals surface area (Å²) in [5, 5.41) is 3.71. The molecule has 0 fully saturated rings. The quantitative estimate of drug-likeness (QED) is 0.652. The Kier molecular flexibility index (Phi) is 7.80. The van der Waals surface area contributed by atoms with E-state index in [4.69, 9.17) is 16.3 Å². The lowest BCUT2D eigenvalue weighted by Crippen LogP contribution is -2.38. The number of hydrogen-bond acceptors (Lipinski definition) is 2. The van der Waals surface area contributed by atoms with E-state index in [1.807, 2.05) is 55.5 Å². The molecule has 0 spiro atoms. The van der Waals surface area contributed by atoms with E-state index < -0.39 is 6.10 Å². The summed E-state index contributed by atoms with van der Waals surface area (Å²) >= 11 is 5.88. The number of amides is 1. The first-order valence-electron chi connectivity index (χ1n) is 8.90. The van der Waals surface area contributed by atoms with Gasteiger partial charge < -0.3 is 10.1 Å². The van der Waals surface area contributed by atoms with Crippen molar-refractivity contribution in [2.45, 2.75) is 45.6 Å². The molecule has 0 bridgehead atoms. The summed E-state index contributed by atoms with van der Waals surface area (Å²) in [6.07, 6.45) is 2.97. The van der Waals surface area contributed by atoms with Gasteiger partial charge in [-0.1, -0.05) is 49.7 Å². The van der Waals surface area contributed by atoms with E-state index in [0.29, 0.717) is 13.0 Å². The minimum absolute atomic E-state index is 0.0572. The number of aryl methyl sites for hydroxylation is 2. The van der Waals surface area contributed by atoms with Gasteiger partial charge in [0.1, 0.15) is 5.75 Å². The van der Waals surface area contributed by atoms with Crippen LogP contribution >= 0.6 is 11.6 Å². The Morgan fingerprint density at radius 2 is 1.68 bits per heavy atom. The van der Waals surface area contributed by atoms with Crippen LogP contribution in [-0.4, -0.2) is 18.6 Å². The van der Waals surface area contributed by atoms with Crippen molar-refractivity contribution in [3.05, 3.63) is 64.7 Å². The highest BCUT2D eigenvalue weighted by molar-refractivity contribution is 6.30. The van der Waals surface area contributed by atoms with Gasteiger partial charge in [-0.2, -0.15) is 0 Å². The van der Waals surface area contributed by atoms with Crippen LogP contribution in [0.4, 0.5) is 0 Å². The molecule has 25 heavy (non-hydrogen) atoms. The van der Waals surface area contributed by atoms with Crippen LogP contribution in [0.2, 0.25) is 5.02 Å². The van der Waals surface area contributed by atoms with E-state index in [2.05, 4.69) is 12.2 Å². The summed E-state index contributed by atoms with van der Waals surface area (Å²) in [6.45, 7) is 4.71. The molecule has 0 saturated carbocycles. The minimum atomic E-state index is -0.456. The predicted molar refractivity (Wildman–Crippen MR) is 103 cm³/mol. The Bertz CT molecular complexity index is 653. The van der Waals surface area contributed by atoms with Gasteiger partial charge in [0.2, 0.25) is 0 Å². The van der Waals surface area contributed by atoms with Crippen LogP contribution in [0.3, 0.4) is 0 Å². The number of ether oxygens (including phenoxy) is 1. The summed E-state index contributed by atoms with van der Waals surface area (Å²) in [7, 11) is 0. The zero-order valence-electron chi connectivity index (χ0n) is 14.9. The fraction of sp³-hybridized carbons (Fsp3) is 0.381. The van der Waals surface area contributed by atoms with Crippen LogP contribution in [0.1, 0.15) is 37.8 Å². The second kappa shape index (κ2) is 10.1. The molecular weight excluding hydrogens is 334 g/mol. The number of nitrogens with one attached hydrogen (secondary N) is 1. The predicted octanol–water partition coefficient (Wildman–Crippen LogP) is 4.81. The molecule has 1 amide bonds. The maximum atomic E-state index is 12.3. The van der Waals surface area contributed by atoms with Gasteiger partial charge in [0.25, 0.3) is 5.91 Å². The van der Waals surface area contributed by atoms with Crippen molar-refractivity contribution in [3.63, 3.8) is 0 Å². The highest BCUT2D eigenvalue weighted by Crippen LogP contribution is 2.15. The Labute approximate surface area is 155 Å². The highest BCUT2D eigenvalue weighted by atomic mass is 35.5. The molecule has 2 aromatic carbocycles. The number of carbonyl (C=O) groups excluding carboxylic acids is 1. The average molecular weight is 360 g/mol. The van der Waals surface area contributed by atoms with Crippen molar-refractivity contribution >= 4 is 17.5 Å². The summed E-state index contributed by atoms with van der Waals surface area (Å²) < 4.78 is 5.83. The average Bonchev–Trinajstić information content (AvgIpc) is 2.65. The van der Waals surface area contributed by atoms with Crippen molar-refractivity contribution in [2.24, 2.45) is 0 Å². The van der Waals surface area contributed by atoms with Crippen LogP contribution in [-0.2, 0) is 17.6 Å². The maximum absolute atomic E-state index is 12.3. The number of hydrogen-bond donors (Lipinski definition) is 1. The third kappa shape index (κ3) is 6.43. The van der Waals surface area contributed by atoms with Gasteiger partial charge in [-0.3, -0.25) is 4.79 Å². The molecule has 1 atom stereocenters. The van der Waals surface area contributed by atoms with Crippen LogP contribution in [0, 0.1) is 0 Å². The first kappa shape index (κ1) is 19.3. The van der Waals surface area contributed by atoms with Crippen molar-refractivity contribution < 1.29 is 9.53 Å². The SMILES string of the molecule is CCc1ccc(O[C@@H](CC)C(=O)NCCCc2ccc(Cl)cc2)cc1. The molecule has 134 valence electrons. The first-order valence-corrected chi connectivity index (χ1v) is 9.28. The largest absolute Gasteiger partial charge is 0.481 e. The van der Waals surface area contributed by atoms with E-state index in [9.17, 15) is 4.79 Å². The molecule has 4 heteroatoms. The van der Waals surface area contributed by atoms with Crippen LogP contribution in [0.25, 0.3) is 0 Å². The van der Waals surface area contributed by atoms with Crippen LogP contribution in [0.15, 0.2) is 48.5 Å². The van der Waals surface area contributed by atoms with E-state index in [1.54, 1.807) is 0 Å². The number of halogens is 1. The summed E-state index contributed by atoms with van der Waals surface area (Å²) in [5.41, 5.74) is 2.48. The summed E-state index contributed by atoms with van der Waals surface area (Å²) in [6, 6.07) is 15.7. The zero-order valence-corrected chi connectivity index (χ0v) is 15.7. The van der Waals surface area contributed by atoms with Gasteiger partial charge in [0.15, 0.2) is 6.10 Å². The molecule has 0 heterocycles. The fourth-order valence-corrected chi connectivity index (χ4v) is 2.69. The minimum Gasteiger partial charge on any atom is -0.481 e. The lowest BCUT2D eigenvalue weighted by atomic mass is 10.1. The Hall–Kier alpha value is -2.00. The second-order valence-electron chi connectivity index (χ2n) is 6.03. The van der Waals surface area contributed by atoms with Crippen LogP contribution < -0.4 is 10.1 Å². The van der Waals surface area contributed by atoms with Gasteiger partial charge in [-0.25, -0.2) is 0 Å². The van der Waals surface area contributed by atoms with Crippen molar-refractivity contribution in [3.8, 4) is 5.75 Å². The lowest BCUT2D eigenvalue weighted by Gasteiger charge is -2.17. The van der Waals surface area contributed by atoms with E-state index in [-0.39, 0.29) is 5.91 Å². The Balaban J connectivity index is 1.75. The molecule has 0 unspecified atom stereocenters. The van der Waals surface area contributed by atoms with E-state index >= 15 is 0 Å². The smallest absolute Gasteiger partial charge is 0.261 e. The van der Waals surface area contributed by atoms with Gasteiger partial charge in [-0.05, 0) is 61.1 Å². The fourth-order valence-electron chi connectivity index (χ4n) is 2.56. The van der Waals surface area contributed by atoms with E-state index in [1.165, 1.54) is 11.1 Å². The Morgan fingerprint density at radius 1 is 1.04 bits per heavy atom. The molecule has 0 aliphatic carbocycles. The van der Waals surface area contributed by atoms with E-state index in [0.717, 1.165) is 30.0 Å². The second-order valence-corrected chi connectivity index (χ2v) is 6.47. The molecule has 0 radical (unpaired) electrons. The van der Waals surface area contributed by atoms with Crippen LogP contribution in [0.5, 0.6) is 5.75 Å². The molecule has 0 saturated heterocycles. The maximum Gasteiger partial charge on any atom is 0.261 e.